The Morgan fingerprint density at radius 2 is 2.23 bits per heavy atom. The van der Waals surface area contributed by atoms with E-state index in [4.69, 9.17) is 4.74 Å². The van der Waals surface area contributed by atoms with Gasteiger partial charge < -0.3 is 14.6 Å². The summed E-state index contributed by atoms with van der Waals surface area (Å²) in [6.07, 6.45) is 4.27. The van der Waals surface area contributed by atoms with E-state index in [1.165, 1.54) is 10.8 Å². The van der Waals surface area contributed by atoms with Crippen molar-refractivity contribution in [3.05, 3.63) is 32.6 Å². The number of rotatable bonds is 7. The first-order valence-corrected chi connectivity index (χ1v) is 7.68. The zero-order valence-corrected chi connectivity index (χ0v) is 12.7. The van der Waals surface area contributed by atoms with Crippen molar-refractivity contribution in [3.8, 4) is 0 Å². The standard InChI is InChI=1S/C15H22N2O5/c1-2-12-11(19)8-13(22-12)17-9-10(6-4-3-5-7-18)14(20)16-15(17)21/h7,9,11-13,19H,2-6,8H2,1H3,(H,16,20,21). The van der Waals surface area contributed by atoms with Gasteiger partial charge in [-0.05, 0) is 25.7 Å². The zero-order valence-electron chi connectivity index (χ0n) is 12.7. The van der Waals surface area contributed by atoms with E-state index in [1.807, 2.05) is 6.92 Å². The SMILES string of the molecule is CCC1OC(n2cc(CCCCC=O)c(=O)[nH]c2=O)CC1O. The van der Waals surface area contributed by atoms with Gasteiger partial charge in [0.2, 0.25) is 0 Å². The number of aromatic nitrogens is 2. The normalized spacial score (nSPS) is 24.5. The number of nitrogens with zero attached hydrogens (tertiary/aromatic N) is 1. The molecule has 3 unspecified atom stereocenters. The van der Waals surface area contributed by atoms with Gasteiger partial charge in [-0.1, -0.05) is 6.92 Å². The lowest BCUT2D eigenvalue weighted by atomic mass is 10.1. The molecule has 3 atom stereocenters. The van der Waals surface area contributed by atoms with Crippen LogP contribution in [0.15, 0.2) is 15.8 Å². The van der Waals surface area contributed by atoms with Crippen LogP contribution in [0.25, 0.3) is 0 Å². The molecule has 0 radical (unpaired) electrons. The molecule has 122 valence electrons. The molecule has 0 bridgehead atoms. The molecule has 1 aliphatic heterocycles. The third-order valence-electron chi connectivity index (χ3n) is 3.98. The number of carbonyl (C=O) groups is 1. The lowest BCUT2D eigenvalue weighted by molar-refractivity contribution is -0.107. The largest absolute Gasteiger partial charge is 0.390 e. The highest BCUT2D eigenvalue weighted by Gasteiger charge is 2.34. The minimum atomic E-state index is -0.607. The number of hydrogen-bond donors (Lipinski definition) is 2. The number of nitrogens with one attached hydrogen (secondary N) is 1. The van der Waals surface area contributed by atoms with Gasteiger partial charge in [0.05, 0.1) is 12.2 Å². The highest BCUT2D eigenvalue weighted by Crippen LogP contribution is 2.29. The number of aliphatic hydroxyl groups is 1. The van der Waals surface area contributed by atoms with Crippen LogP contribution in [0.4, 0.5) is 0 Å². The summed E-state index contributed by atoms with van der Waals surface area (Å²) < 4.78 is 7.01. The molecule has 2 heterocycles. The summed E-state index contributed by atoms with van der Waals surface area (Å²) in [6, 6.07) is 0. The second-order valence-electron chi connectivity index (χ2n) is 5.57. The van der Waals surface area contributed by atoms with E-state index < -0.39 is 23.6 Å². The number of hydrogen-bond acceptors (Lipinski definition) is 5. The number of carbonyl (C=O) groups excluding carboxylic acids is 1. The molecule has 7 heteroatoms. The summed E-state index contributed by atoms with van der Waals surface area (Å²) in [4.78, 5) is 36.4. The van der Waals surface area contributed by atoms with Crippen LogP contribution in [0.5, 0.6) is 0 Å². The van der Waals surface area contributed by atoms with Crippen LogP contribution in [0, 0.1) is 0 Å². The molecule has 1 saturated heterocycles. The van der Waals surface area contributed by atoms with Crippen molar-refractivity contribution in [1.82, 2.24) is 9.55 Å². The molecule has 0 amide bonds. The fourth-order valence-corrected chi connectivity index (χ4v) is 2.72. The van der Waals surface area contributed by atoms with E-state index in [9.17, 15) is 19.5 Å². The summed E-state index contributed by atoms with van der Waals surface area (Å²) >= 11 is 0. The first kappa shape index (κ1) is 16.6. The Morgan fingerprint density at radius 3 is 2.86 bits per heavy atom. The van der Waals surface area contributed by atoms with Crippen molar-refractivity contribution in [2.45, 2.75) is 63.9 Å². The van der Waals surface area contributed by atoms with Crippen molar-refractivity contribution < 1.29 is 14.6 Å². The second kappa shape index (κ2) is 7.51. The highest BCUT2D eigenvalue weighted by molar-refractivity contribution is 5.48. The first-order chi connectivity index (χ1) is 10.6. The Morgan fingerprint density at radius 1 is 1.45 bits per heavy atom. The number of H-pyrrole nitrogens is 1. The summed E-state index contributed by atoms with van der Waals surface area (Å²) in [5, 5.41) is 9.89. The predicted molar refractivity (Wildman–Crippen MR) is 79.8 cm³/mol. The van der Waals surface area contributed by atoms with Crippen molar-refractivity contribution in [2.24, 2.45) is 0 Å². The van der Waals surface area contributed by atoms with E-state index in [1.54, 1.807) is 0 Å². The zero-order chi connectivity index (χ0) is 16.1. The average molecular weight is 310 g/mol. The molecule has 1 fully saturated rings. The molecule has 22 heavy (non-hydrogen) atoms. The number of aldehydes is 1. The minimum absolute atomic E-state index is 0.292. The summed E-state index contributed by atoms with van der Waals surface area (Å²) in [5.74, 6) is 0. The maximum Gasteiger partial charge on any atom is 0.330 e. The van der Waals surface area contributed by atoms with Crippen molar-refractivity contribution in [3.63, 3.8) is 0 Å². The Kier molecular flexibility index (Phi) is 5.68. The Balaban J connectivity index is 2.16. The van der Waals surface area contributed by atoms with Crippen LogP contribution in [0.1, 0.15) is 50.8 Å². The van der Waals surface area contributed by atoms with E-state index in [0.717, 1.165) is 6.29 Å². The van der Waals surface area contributed by atoms with Crippen LogP contribution in [0.3, 0.4) is 0 Å². The van der Waals surface area contributed by atoms with Crippen LogP contribution in [-0.2, 0) is 16.0 Å². The molecule has 7 nitrogen and oxygen atoms in total. The fraction of sp³-hybridized carbons (Fsp3) is 0.667. The fourth-order valence-electron chi connectivity index (χ4n) is 2.72. The van der Waals surface area contributed by atoms with Crippen LogP contribution in [-0.4, -0.2) is 33.2 Å². The molecule has 0 spiro atoms. The molecule has 0 aliphatic carbocycles. The van der Waals surface area contributed by atoms with Crippen molar-refractivity contribution in [2.75, 3.05) is 0 Å². The monoisotopic (exact) mass is 310 g/mol. The molecule has 2 rings (SSSR count). The van der Waals surface area contributed by atoms with Crippen LogP contribution in [0.2, 0.25) is 0 Å². The van der Waals surface area contributed by atoms with Gasteiger partial charge in [-0.3, -0.25) is 14.3 Å². The third kappa shape index (κ3) is 3.72. The van der Waals surface area contributed by atoms with Gasteiger partial charge in [0.25, 0.3) is 5.56 Å². The van der Waals surface area contributed by atoms with Crippen LogP contribution >= 0.6 is 0 Å². The van der Waals surface area contributed by atoms with Gasteiger partial charge in [0.1, 0.15) is 12.5 Å². The number of aliphatic hydroxyl groups excluding tert-OH is 1. The van der Waals surface area contributed by atoms with Crippen molar-refractivity contribution in [1.29, 1.82) is 0 Å². The lowest BCUT2D eigenvalue weighted by Gasteiger charge is -2.15. The minimum Gasteiger partial charge on any atom is -0.390 e. The number of aromatic amines is 1. The number of ether oxygens (including phenoxy) is 1. The Hall–Kier alpha value is -1.73. The maximum atomic E-state index is 12.0. The van der Waals surface area contributed by atoms with Crippen molar-refractivity contribution >= 4 is 6.29 Å². The Bertz CT molecular complexity index is 621. The first-order valence-electron chi connectivity index (χ1n) is 7.68. The average Bonchev–Trinajstić information content (AvgIpc) is 2.86. The van der Waals surface area contributed by atoms with Gasteiger partial charge in [0, 0.05) is 24.6 Å². The third-order valence-corrected chi connectivity index (χ3v) is 3.98. The summed E-state index contributed by atoms with van der Waals surface area (Å²) in [5.41, 5.74) is -0.447. The molecular weight excluding hydrogens is 288 g/mol. The Labute approximate surface area is 127 Å². The molecule has 0 saturated carbocycles. The summed E-state index contributed by atoms with van der Waals surface area (Å²) in [7, 11) is 0. The highest BCUT2D eigenvalue weighted by atomic mass is 16.5. The van der Waals surface area contributed by atoms with E-state index in [0.29, 0.717) is 44.1 Å². The van der Waals surface area contributed by atoms with Crippen LogP contribution < -0.4 is 11.2 Å². The van der Waals surface area contributed by atoms with Gasteiger partial charge in [0.15, 0.2) is 0 Å². The molecule has 1 aromatic heterocycles. The van der Waals surface area contributed by atoms with E-state index in [-0.39, 0.29) is 6.10 Å². The smallest absolute Gasteiger partial charge is 0.330 e. The predicted octanol–water partition coefficient (Wildman–Crippen LogP) is 0.507. The molecular formula is C15H22N2O5. The summed E-state index contributed by atoms with van der Waals surface area (Å²) in [6.45, 7) is 1.91. The van der Waals surface area contributed by atoms with Gasteiger partial charge in [-0.25, -0.2) is 4.79 Å². The van der Waals surface area contributed by atoms with E-state index >= 15 is 0 Å². The quantitative estimate of drug-likeness (QED) is 0.564. The van der Waals surface area contributed by atoms with Gasteiger partial charge in [-0.2, -0.15) is 0 Å². The second-order valence-corrected chi connectivity index (χ2v) is 5.57. The number of unbranched alkanes of at least 4 members (excludes halogenated alkanes) is 2. The molecule has 1 aliphatic rings. The molecule has 1 aromatic rings. The molecule has 0 aromatic carbocycles. The maximum absolute atomic E-state index is 12.0. The van der Waals surface area contributed by atoms with Gasteiger partial charge >= 0.3 is 5.69 Å². The lowest BCUT2D eigenvalue weighted by Crippen LogP contribution is -2.34. The van der Waals surface area contributed by atoms with Gasteiger partial charge in [-0.15, -0.1) is 0 Å². The van der Waals surface area contributed by atoms with E-state index in [2.05, 4.69) is 4.98 Å². The molecule has 2 N–H and O–H groups in total. The number of aryl methyl sites for hydroxylation is 1. The topological polar surface area (TPSA) is 101 Å².